The highest BCUT2D eigenvalue weighted by Gasteiger charge is 2.33. The van der Waals surface area contributed by atoms with Crippen LogP contribution < -0.4 is 10.3 Å². The molecule has 1 atom stereocenters. The largest absolute Gasteiger partial charge is 0.506 e. The van der Waals surface area contributed by atoms with E-state index in [0.717, 1.165) is 12.1 Å². The Hall–Kier alpha value is -3.01. The molecule has 1 aromatic heterocycles. The van der Waals surface area contributed by atoms with Gasteiger partial charge in [0.15, 0.2) is 5.56 Å². The third kappa shape index (κ3) is 3.83. The number of aromatic nitrogens is 1. The van der Waals surface area contributed by atoms with Crippen LogP contribution in [-0.4, -0.2) is 28.9 Å². The molecule has 10 heteroatoms. The van der Waals surface area contributed by atoms with Crippen LogP contribution in [0, 0.1) is 0 Å². The number of pyridine rings is 1. The molecular formula is C22H17BrF3NO5. The molecule has 32 heavy (non-hydrogen) atoms. The number of aromatic hydroxyl groups is 1. The van der Waals surface area contributed by atoms with Gasteiger partial charge in [-0.05, 0) is 43.2 Å². The molecule has 1 aliphatic heterocycles. The number of nitrogens with zero attached hydrogens (tertiary/aromatic N) is 1. The summed E-state index contributed by atoms with van der Waals surface area (Å²) in [5.41, 5.74) is -1.17. The molecule has 0 aliphatic carbocycles. The van der Waals surface area contributed by atoms with Crippen LogP contribution in [0.25, 0.3) is 10.9 Å². The average molecular weight is 512 g/mol. The summed E-state index contributed by atoms with van der Waals surface area (Å²) in [6.45, 7) is 1.64. The van der Waals surface area contributed by atoms with Gasteiger partial charge in [-0.25, -0.2) is 4.79 Å². The number of halogens is 4. The van der Waals surface area contributed by atoms with Gasteiger partial charge in [0.1, 0.15) is 18.1 Å². The molecule has 2 aromatic carbocycles. The Bertz CT molecular complexity index is 1270. The van der Waals surface area contributed by atoms with Gasteiger partial charge in [-0.15, -0.1) is 0 Å². The quantitative estimate of drug-likeness (QED) is 0.507. The third-order valence-corrected chi connectivity index (χ3v) is 5.69. The first-order valence-electron chi connectivity index (χ1n) is 9.68. The van der Waals surface area contributed by atoms with E-state index in [1.807, 2.05) is 0 Å². The predicted octanol–water partition coefficient (Wildman–Crippen LogP) is 4.84. The highest BCUT2D eigenvalue weighted by molar-refractivity contribution is 9.10. The summed E-state index contributed by atoms with van der Waals surface area (Å²) in [6.07, 6.45) is -4.27. The SMILES string of the molecule is CCOC(=O)c1c(O)c2cc(Br)cc3c2n(c1=O)C(Cc1ccc(C(F)(F)F)cc1)CO3. The molecule has 0 bridgehead atoms. The van der Waals surface area contributed by atoms with Crippen molar-refractivity contribution in [1.29, 1.82) is 0 Å². The van der Waals surface area contributed by atoms with E-state index in [2.05, 4.69) is 15.9 Å². The third-order valence-electron chi connectivity index (χ3n) is 5.23. The molecule has 0 saturated carbocycles. The summed E-state index contributed by atoms with van der Waals surface area (Å²) in [5, 5.41) is 10.9. The maximum absolute atomic E-state index is 13.3. The van der Waals surface area contributed by atoms with E-state index in [1.165, 1.54) is 16.7 Å². The van der Waals surface area contributed by atoms with Crippen molar-refractivity contribution in [1.82, 2.24) is 4.57 Å². The van der Waals surface area contributed by atoms with E-state index in [0.29, 0.717) is 21.3 Å². The molecule has 0 amide bonds. The highest BCUT2D eigenvalue weighted by Crippen LogP contribution is 2.40. The monoisotopic (exact) mass is 511 g/mol. The van der Waals surface area contributed by atoms with Gasteiger partial charge in [-0.1, -0.05) is 28.1 Å². The number of ether oxygens (including phenoxy) is 2. The highest BCUT2D eigenvalue weighted by atomic mass is 79.9. The Balaban J connectivity index is 1.86. The second-order valence-corrected chi connectivity index (χ2v) is 8.20. The minimum absolute atomic E-state index is 0.0115. The van der Waals surface area contributed by atoms with Gasteiger partial charge < -0.3 is 14.6 Å². The minimum atomic E-state index is -4.45. The van der Waals surface area contributed by atoms with Gasteiger partial charge >= 0.3 is 12.1 Å². The van der Waals surface area contributed by atoms with Gasteiger partial charge in [0.05, 0.1) is 23.7 Å². The standard InChI is InChI=1S/C22H17BrF3NO5/c1-2-31-21(30)17-19(28)15-8-13(23)9-16-18(15)27(20(17)29)14(10-32-16)7-11-3-5-12(6-4-11)22(24,25)26/h3-6,8-9,14,28H,2,7,10H2,1H3. The van der Waals surface area contributed by atoms with Crippen molar-refractivity contribution in [2.45, 2.75) is 25.6 Å². The van der Waals surface area contributed by atoms with Gasteiger partial charge in [-0.3, -0.25) is 9.36 Å². The number of benzene rings is 2. The lowest BCUT2D eigenvalue weighted by molar-refractivity contribution is -0.137. The maximum Gasteiger partial charge on any atom is 0.416 e. The van der Waals surface area contributed by atoms with Crippen molar-refractivity contribution in [3.05, 3.63) is 67.9 Å². The van der Waals surface area contributed by atoms with Crippen molar-refractivity contribution in [3.63, 3.8) is 0 Å². The summed E-state index contributed by atoms with van der Waals surface area (Å²) in [4.78, 5) is 25.7. The van der Waals surface area contributed by atoms with Crippen molar-refractivity contribution in [3.8, 4) is 11.5 Å². The fraction of sp³-hybridized carbons (Fsp3) is 0.273. The zero-order valence-corrected chi connectivity index (χ0v) is 18.3. The molecule has 0 radical (unpaired) electrons. The Morgan fingerprint density at radius 2 is 1.97 bits per heavy atom. The Morgan fingerprint density at radius 1 is 1.28 bits per heavy atom. The van der Waals surface area contributed by atoms with Crippen molar-refractivity contribution < 1.29 is 32.5 Å². The van der Waals surface area contributed by atoms with Crippen LogP contribution in [0.4, 0.5) is 13.2 Å². The molecule has 2 heterocycles. The minimum Gasteiger partial charge on any atom is -0.506 e. The summed E-state index contributed by atoms with van der Waals surface area (Å²) in [7, 11) is 0. The number of carbonyl (C=O) groups excluding carboxylic acids is 1. The van der Waals surface area contributed by atoms with Crippen LogP contribution in [0.2, 0.25) is 0 Å². The number of carbonyl (C=O) groups is 1. The van der Waals surface area contributed by atoms with Crippen molar-refractivity contribution in [2.24, 2.45) is 0 Å². The van der Waals surface area contributed by atoms with Crippen LogP contribution >= 0.6 is 15.9 Å². The van der Waals surface area contributed by atoms with E-state index < -0.39 is 40.6 Å². The van der Waals surface area contributed by atoms with Crippen molar-refractivity contribution >= 4 is 32.8 Å². The predicted molar refractivity (Wildman–Crippen MR) is 113 cm³/mol. The normalized spacial score (nSPS) is 15.5. The van der Waals surface area contributed by atoms with Gasteiger partial charge in [0.25, 0.3) is 5.56 Å². The van der Waals surface area contributed by atoms with Gasteiger partial charge in [0, 0.05) is 9.86 Å². The average Bonchev–Trinajstić information content (AvgIpc) is 2.72. The van der Waals surface area contributed by atoms with Crippen molar-refractivity contribution in [2.75, 3.05) is 13.2 Å². The first-order valence-corrected chi connectivity index (χ1v) is 10.5. The Labute approximate surface area is 188 Å². The number of alkyl halides is 3. The van der Waals surface area contributed by atoms with E-state index in [4.69, 9.17) is 9.47 Å². The number of hydrogen-bond donors (Lipinski definition) is 1. The zero-order valence-electron chi connectivity index (χ0n) is 16.7. The second kappa shape index (κ2) is 8.16. The van der Waals surface area contributed by atoms with E-state index in [9.17, 15) is 27.9 Å². The number of rotatable bonds is 4. The molecule has 3 aromatic rings. The van der Waals surface area contributed by atoms with Crippen LogP contribution in [0.1, 0.15) is 34.5 Å². The molecule has 4 rings (SSSR count). The van der Waals surface area contributed by atoms with Gasteiger partial charge in [0.2, 0.25) is 0 Å². The van der Waals surface area contributed by atoms with Crippen LogP contribution in [0.5, 0.6) is 11.5 Å². The van der Waals surface area contributed by atoms with E-state index in [-0.39, 0.29) is 25.0 Å². The van der Waals surface area contributed by atoms with E-state index in [1.54, 1.807) is 19.1 Å². The summed E-state index contributed by atoms with van der Waals surface area (Å²) >= 11 is 3.32. The molecule has 1 unspecified atom stereocenters. The van der Waals surface area contributed by atoms with Crippen LogP contribution in [0.15, 0.2) is 45.7 Å². The zero-order chi connectivity index (χ0) is 23.2. The van der Waals surface area contributed by atoms with E-state index >= 15 is 0 Å². The second-order valence-electron chi connectivity index (χ2n) is 7.28. The topological polar surface area (TPSA) is 77.8 Å². The smallest absolute Gasteiger partial charge is 0.416 e. The van der Waals surface area contributed by atoms with Crippen LogP contribution in [-0.2, 0) is 17.3 Å². The lowest BCUT2D eigenvalue weighted by Gasteiger charge is -2.29. The molecule has 168 valence electrons. The fourth-order valence-corrected chi connectivity index (χ4v) is 4.26. The van der Waals surface area contributed by atoms with Crippen LogP contribution in [0.3, 0.4) is 0 Å². The molecule has 0 fully saturated rings. The summed E-state index contributed by atoms with van der Waals surface area (Å²) < 4.78 is 51.3. The first-order chi connectivity index (χ1) is 15.1. The number of esters is 1. The summed E-state index contributed by atoms with van der Waals surface area (Å²) in [6, 6.07) is 7.20. The fourth-order valence-electron chi connectivity index (χ4n) is 3.82. The molecule has 1 aliphatic rings. The molecule has 0 saturated heterocycles. The van der Waals surface area contributed by atoms with Gasteiger partial charge in [-0.2, -0.15) is 13.2 Å². The Morgan fingerprint density at radius 3 is 2.59 bits per heavy atom. The maximum atomic E-state index is 13.3. The molecule has 0 spiro atoms. The lowest BCUT2D eigenvalue weighted by Crippen LogP contribution is -2.36. The molecular weight excluding hydrogens is 495 g/mol. The molecule has 6 nitrogen and oxygen atoms in total. The first kappa shape index (κ1) is 22.2. The number of hydrogen-bond acceptors (Lipinski definition) is 5. The molecule has 1 N–H and O–H groups in total. The summed E-state index contributed by atoms with van der Waals surface area (Å²) in [5.74, 6) is -1.14. The Kier molecular flexibility index (Phi) is 5.66. The lowest BCUT2D eigenvalue weighted by atomic mass is 10.0.